The molecule has 0 saturated heterocycles. The number of aryl methyl sites for hydroxylation is 2. The summed E-state index contributed by atoms with van der Waals surface area (Å²) < 4.78 is 0. The van der Waals surface area contributed by atoms with Crippen molar-refractivity contribution < 1.29 is 4.86 Å². The summed E-state index contributed by atoms with van der Waals surface area (Å²) in [6, 6.07) is 15.2. The SMILES string of the molecule is CCCc1ccc([N+]([O-])=Nc2ccc(C)cc2)cc1. The normalized spacial score (nSPS) is 11.6. The van der Waals surface area contributed by atoms with Crippen LogP contribution in [0.5, 0.6) is 0 Å². The first kappa shape index (κ1) is 13.3. The lowest BCUT2D eigenvalue weighted by atomic mass is 10.1. The molecule has 0 unspecified atom stereocenters. The minimum absolute atomic E-state index is 0.556. The Morgan fingerprint density at radius 1 is 1.00 bits per heavy atom. The summed E-state index contributed by atoms with van der Waals surface area (Å²) in [6.07, 6.45) is 2.14. The van der Waals surface area contributed by atoms with E-state index in [0.29, 0.717) is 16.2 Å². The van der Waals surface area contributed by atoms with Gasteiger partial charge in [0.15, 0.2) is 0 Å². The molecule has 2 aromatic rings. The van der Waals surface area contributed by atoms with Gasteiger partial charge in [0, 0.05) is 17.2 Å². The Labute approximate surface area is 113 Å². The number of nitrogens with zero attached hydrogens (tertiary/aromatic N) is 2. The molecule has 2 rings (SSSR count). The van der Waals surface area contributed by atoms with Crippen molar-refractivity contribution in [3.05, 3.63) is 64.9 Å². The number of hydrogen-bond acceptors (Lipinski definition) is 2. The predicted molar refractivity (Wildman–Crippen MR) is 77.0 cm³/mol. The highest BCUT2D eigenvalue weighted by Gasteiger charge is 2.04. The van der Waals surface area contributed by atoms with Crippen LogP contribution in [0.4, 0.5) is 11.4 Å². The van der Waals surface area contributed by atoms with Gasteiger partial charge >= 0.3 is 0 Å². The van der Waals surface area contributed by atoms with Crippen LogP contribution in [0.1, 0.15) is 24.5 Å². The van der Waals surface area contributed by atoms with E-state index >= 15 is 0 Å². The number of benzene rings is 2. The quantitative estimate of drug-likeness (QED) is 0.435. The molecule has 19 heavy (non-hydrogen) atoms. The van der Waals surface area contributed by atoms with Crippen LogP contribution < -0.4 is 0 Å². The van der Waals surface area contributed by atoms with Crippen molar-refractivity contribution in [1.82, 2.24) is 0 Å². The van der Waals surface area contributed by atoms with Crippen LogP contribution >= 0.6 is 0 Å². The molecule has 0 spiro atoms. The molecule has 0 amide bonds. The predicted octanol–water partition coefficient (Wildman–Crippen LogP) is 4.87. The van der Waals surface area contributed by atoms with Gasteiger partial charge in [-0.05, 0) is 31.0 Å². The molecular formula is C16H18N2O. The Bertz CT molecular complexity index is 556. The molecule has 3 nitrogen and oxygen atoms in total. The van der Waals surface area contributed by atoms with Crippen LogP contribution in [0.15, 0.2) is 53.6 Å². The fourth-order valence-corrected chi connectivity index (χ4v) is 1.85. The molecule has 0 bridgehead atoms. The molecule has 98 valence electrons. The lowest BCUT2D eigenvalue weighted by Gasteiger charge is -2.02. The van der Waals surface area contributed by atoms with E-state index in [2.05, 4.69) is 12.0 Å². The second-order valence-corrected chi connectivity index (χ2v) is 4.62. The van der Waals surface area contributed by atoms with E-state index in [9.17, 15) is 5.21 Å². The molecule has 0 fully saturated rings. The first-order valence-corrected chi connectivity index (χ1v) is 6.53. The van der Waals surface area contributed by atoms with E-state index < -0.39 is 0 Å². The van der Waals surface area contributed by atoms with Crippen molar-refractivity contribution in [2.45, 2.75) is 26.7 Å². The van der Waals surface area contributed by atoms with E-state index in [0.717, 1.165) is 18.4 Å². The lowest BCUT2D eigenvalue weighted by Crippen LogP contribution is -1.91. The summed E-state index contributed by atoms with van der Waals surface area (Å²) in [5.74, 6) is 0. The molecule has 0 aliphatic rings. The first-order chi connectivity index (χ1) is 9.19. The maximum absolute atomic E-state index is 11.9. The molecule has 0 saturated carbocycles. The highest BCUT2D eigenvalue weighted by molar-refractivity contribution is 5.38. The molecule has 0 heterocycles. The van der Waals surface area contributed by atoms with E-state index in [1.54, 1.807) is 0 Å². The zero-order valence-corrected chi connectivity index (χ0v) is 11.3. The molecule has 0 atom stereocenters. The van der Waals surface area contributed by atoms with Crippen molar-refractivity contribution in [3.63, 3.8) is 0 Å². The van der Waals surface area contributed by atoms with Crippen molar-refractivity contribution in [2.24, 2.45) is 5.11 Å². The summed E-state index contributed by atoms with van der Waals surface area (Å²) >= 11 is 0. The summed E-state index contributed by atoms with van der Waals surface area (Å²) in [4.78, 5) is 0.667. The number of azo groups is 1. The van der Waals surface area contributed by atoms with Crippen LogP contribution in [-0.4, -0.2) is 4.86 Å². The van der Waals surface area contributed by atoms with Crippen LogP contribution in [-0.2, 0) is 6.42 Å². The summed E-state index contributed by atoms with van der Waals surface area (Å²) in [6.45, 7) is 4.14. The van der Waals surface area contributed by atoms with Gasteiger partial charge < -0.3 is 5.21 Å². The summed E-state index contributed by atoms with van der Waals surface area (Å²) in [5.41, 5.74) is 3.62. The zero-order valence-electron chi connectivity index (χ0n) is 11.3. The smallest absolute Gasteiger partial charge is 0.244 e. The number of rotatable bonds is 4. The van der Waals surface area contributed by atoms with E-state index in [4.69, 9.17) is 0 Å². The van der Waals surface area contributed by atoms with Gasteiger partial charge in [0.2, 0.25) is 5.69 Å². The van der Waals surface area contributed by atoms with Gasteiger partial charge in [-0.15, -0.1) is 0 Å². The molecule has 2 aromatic carbocycles. The van der Waals surface area contributed by atoms with Crippen molar-refractivity contribution in [1.29, 1.82) is 0 Å². The standard InChI is InChI=1S/C16H18N2O/c1-3-4-14-7-11-16(12-8-14)18(19)17-15-9-5-13(2)6-10-15/h5-12H,3-4H2,1-2H3. The second kappa shape index (κ2) is 6.14. The third-order valence-corrected chi connectivity index (χ3v) is 2.94. The monoisotopic (exact) mass is 254 g/mol. The molecular weight excluding hydrogens is 236 g/mol. The lowest BCUT2D eigenvalue weighted by molar-refractivity contribution is -0.435. The van der Waals surface area contributed by atoms with Crippen LogP contribution in [0.25, 0.3) is 0 Å². The maximum atomic E-state index is 11.9. The Balaban J connectivity index is 2.18. The van der Waals surface area contributed by atoms with Gasteiger partial charge in [0.05, 0.1) is 0 Å². The minimum atomic E-state index is 0.556. The topological polar surface area (TPSA) is 38.4 Å². The fourth-order valence-electron chi connectivity index (χ4n) is 1.85. The molecule has 0 radical (unpaired) electrons. The van der Waals surface area contributed by atoms with Gasteiger partial charge in [-0.3, -0.25) is 0 Å². The average molecular weight is 254 g/mol. The summed E-state index contributed by atoms with van der Waals surface area (Å²) in [7, 11) is 0. The molecule has 0 N–H and O–H groups in total. The Kier molecular flexibility index (Phi) is 4.29. The minimum Gasteiger partial charge on any atom is -0.594 e. The van der Waals surface area contributed by atoms with E-state index in [1.165, 1.54) is 5.56 Å². The summed E-state index contributed by atoms with van der Waals surface area (Å²) in [5, 5.41) is 15.9. The van der Waals surface area contributed by atoms with Crippen LogP contribution in [0.2, 0.25) is 0 Å². The molecule has 0 aliphatic carbocycles. The third-order valence-electron chi connectivity index (χ3n) is 2.94. The van der Waals surface area contributed by atoms with Gasteiger partial charge in [0.1, 0.15) is 5.69 Å². The van der Waals surface area contributed by atoms with Crippen molar-refractivity contribution >= 4 is 11.4 Å². The van der Waals surface area contributed by atoms with Crippen molar-refractivity contribution in [3.8, 4) is 0 Å². The van der Waals surface area contributed by atoms with Gasteiger partial charge in [-0.2, -0.15) is 0 Å². The van der Waals surface area contributed by atoms with E-state index in [1.807, 2.05) is 55.5 Å². The molecule has 0 aromatic heterocycles. The molecule has 3 heteroatoms. The fraction of sp³-hybridized carbons (Fsp3) is 0.250. The number of hydrogen-bond donors (Lipinski definition) is 0. The Hall–Kier alpha value is -2.16. The van der Waals surface area contributed by atoms with Gasteiger partial charge in [0.25, 0.3) is 0 Å². The zero-order chi connectivity index (χ0) is 13.7. The second-order valence-electron chi connectivity index (χ2n) is 4.62. The Morgan fingerprint density at radius 2 is 1.63 bits per heavy atom. The maximum Gasteiger partial charge on any atom is 0.244 e. The largest absolute Gasteiger partial charge is 0.594 e. The molecule has 0 aliphatic heterocycles. The van der Waals surface area contributed by atoms with Crippen molar-refractivity contribution in [2.75, 3.05) is 0 Å². The van der Waals surface area contributed by atoms with Crippen LogP contribution in [0, 0.1) is 12.1 Å². The van der Waals surface area contributed by atoms with Gasteiger partial charge in [-0.1, -0.05) is 48.0 Å². The average Bonchev–Trinajstić information content (AvgIpc) is 2.42. The first-order valence-electron chi connectivity index (χ1n) is 6.53. The van der Waals surface area contributed by atoms with Crippen LogP contribution in [0.3, 0.4) is 0 Å². The highest BCUT2D eigenvalue weighted by Crippen LogP contribution is 2.18. The highest BCUT2D eigenvalue weighted by atomic mass is 16.5. The van der Waals surface area contributed by atoms with E-state index in [-0.39, 0.29) is 0 Å². The Morgan fingerprint density at radius 3 is 2.21 bits per heavy atom. The third kappa shape index (κ3) is 3.65. The van der Waals surface area contributed by atoms with Gasteiger partial charge in [-0.25, -0.2) is 0 Å².